The zero-order valence-corrected chi connectivity index (χ0v) is 19.5. The van der Waals surface area contributed by atoms with Crippen LogP contribution in [-0.2, 0) is 13.0 Å². The molecule has 0 bridgehead atoms. The molecule has 8 heteroatoms. The molecule has 1 saturated heterocycles. The fourth-order valence-corrected chi connectivity index (χ4v) is 4.80. The quantitative estimate of drug-likeness (QED) is 0.652. The van der Waals surface area contributed by atoms with Crippen molar-refractivity contribution in [3.05, 3.63) is 58.1 Å². The van der Waals surface area contributed by atoms with Crippen molar-refractivity contribution in [1.82, 2.24) is 25.3 Å². The van der Waals surface area contributed by atoms with E-state index in [1.807, 2.05) is 26.4 Å². The molecule has 166 valence electrons. The number of halogens is 1. The van der Waals surface area contributed by atoms with Gasteiger partial charge in [0.15, 0.2) is 0 Å². The molecular formula is C24H28ClN7. The maximum absolute atomic E-state index is 6.51. The van der Waals surface area contributed by atoms with Gasteiger partial charge in [0.25, 0.3) is 0 Å². The van der Waals surface area contributed by atoms with Gasteiger partial charge in [0.1, 0.15) is 5.82 Å². The fraction of sp³-hybridized carbons (Fsp3) is 0.417. The summed E-state index contributed by atoms with van der Waals surface area (Å²) in [5.41, 5.74) is 6.37. The van der Waals surface area contributed by atoms with Gasteiger partial charge in [-0.1, -0.05) is 17.7 Å². The molecular weight excluding hydrogens is 422 g/mol. The second-order valence-electron chi connectivity index (χ2n) is 8.73. The lowest BCUT2D eigenvalue weighted by Crippen LogP contribution is -2.33. The molecule has 1 N–H and O–H groups in total. The van der Waals surface area contributed by atoms with E-state index in [9.17, 15) is 0 Å². The lowest BCUT2D eigenvalue weighted by Gasteiger charge is -2.30. The average molecular weight is 450 g/mol. The highest BCUT2D eigenvalue weighted by atomic mass is 35.5. The molecule has 2 aliphatic rings. The summed E-state index contributed by atoms with van der Waals surface area (Å²) in [5.74, 6) is 1.75. The van der Waals surface area contributed by atoms with Crippen LogP contribution >= 0.6 is 11.6 Å². The highest BCUT2D eigenvalue weighted by molar-refractivity contribution is 6.33. The van der Waals surface area contributed by atoms with Gasteiger partial charge in [-0.15, -0.1) is 0 Å². The van der Waals surface area contributed by atoms with Crippen molar-refractivity contribution in [2.75, 3.05) is 36.5 Å². The predicted molar refractivity (Wildman–Crippen MR) is 128 cm³/mol. The Morgan fingerprint density at radius 1 is 1.03 bits per heavy atom. The van der Waals surface area contributed by atoms with Crippen molar-refractivity contribution in [3.8, 4) is 11.3 Å². The van der Waals surface area contributed by atoms with Crippen molar-refractivity contribution in [2.45, 2.75) is 39.3 Å². The number of fused-ring (bicyclic) bond motifs is 1. The first-order valence-electron chi connectivity index (χ1n) is 11.1. The van der Waals surface area contributed by atoms with Crippen molar-refractivity contribution in [2.24, 2.45) is 0 Å². The lowest BCUT2D eigenvalue weighted by atomic mass is 10.0. The summed E-state index contributed by atoms with van der Waals surface area (Å²) < 4.78 is 0. The molecule has 0 radical (unpaired) electrons. The van der Waals surface area contributed by atoms with Gasteiger partial charge >= 0.3 is 0 Å². The van der Waals surface area contributed by atoms with E-state index in [-0.39, 0.29) is 0 Å². The standard InChI is InChI=1S/C24H28ClN7/c1-15-8-16(2)23(28-10-15)19-9-22(27-12-20(19)25)31-7-5-21-17(13-31)11-29-24(30-21)32-6-4-18(14-32)26-3/h8-12,18,26H,4-7,13-14H2,1-3H3. The van der Waals surface area contributed by atoms with Gasteiger partial charge in [-0.25, -0.2) is 15.0 Å². The molecule has 3 aromatic heterocycles. The first-order chi connectivity index (χ1) is 15.5. The van der Waals surface area contributed by atoms with Gasteiger partial charge in [0.2, 0.25) is 5.95 Å². The summed E-state index contributed by atoms with van der Waals surface area (Å²) in [6.45, 7) is 7.67. The van der Waals surface area contributed by atoms with Crippen LogP contribution < -0.4 is 15.1 Å². The topological polar surface area (TPSA) is 70.1 Å². The van der Waals surface area contributed by atoms with E-state index < -0.39 is 0 Å². The Kier molecular flexibility index (Phi) is 5.69. The highest BCUT2D eigenvalue weighted by Gasteiger charge is 2.26. The Hall–Kier alpha value is -2.77. The monoisotopic (exact) mass is 449 g/mol. The van der Waals surface area contributed by atoms with Crippen LogP contribution in [0.3, 0.4) is 0 Å². The summed E-state index contributed by atoms with van der Waals surface area (Å²) >= 11 is 6.51. The van der Waals surface area contributed by atoms with E-state index in [0.29, 0.717) is 11.1 Å². The van der Waals surface area contributed by atoms with E-state index in [1.165, 1.54) is 0 Å². The van der Waals surface area contributed by atoms with Gasteiger partial charge in [-0.2, -0.15) is 0 Å². The number of nitrogens with one attached hydrogen (secondary N) is 1. The number of hydrogen-bond acceptors (Lipinski definition) is 7. The van der Waals surface area contributed by atoms with Crippen LogP contribution in [0.2, 0.25) is 5.02 Å². The van der Waals surface area contributed by atoms with Gasteiger partial charge in [-0.05, 0) is 44.5 Å². The van der Waals surface area contributed by atoms with Gasteiger partial charge in [0, 0.05) is 68.4 Å². The number of pyridine rings is 2. The maximum Gasteiger partial charge on any atom is 0.225 e. The van der Waals surface area contributed by atoms with E-state index >= 15 is 0 Å². The van der Waals surface area contributed by atoms with Gasteiger partial charge in [0.05, 0.1) is 16.4 Å². The molecule has 0 aliphatic carbocycles. The molecule has 5 rings (SSSR count). The number of rotatable bonds is 4. The third kappa shape index (κ3) is 4.02. The molecule has 0 spiro atoms. The number of likely N-dealkylation sites (N-methyl/N-ethyl adjacent to an activating group) is 1. The smallest absolute Gasteiger partial charge is 0.225 e. The second-order valence-corrected chi connectivity index (χ2v) is 9.14. The van der Waals surface area contributed by atoms with Crippen LogP contribution in [0.15, 0.2) is 30.7 Å². The molecule has 0 amide bonds. The van der Waals surface area contributed by atoms with E-state index in [4.69, 9.17) is 16.6 Å². The number of aromatic nitrogens is 4. The van der Waals surface area contributed by atoms with E-state index in [2.05, 4.69) is 49.1 Å². The van der Waals surface area contributed by atoms with Crippen LogP contribution in [0, 0.1) is 13.8 Å². The lowest BCUT2D eigenvalue weighted by molar-refractivity contribution is 0.615. The Morgan fingerprint density at radius 3 is 2.69 bits per heavy atom. The summed E-state index contributed by atoms with van der Waals surface area (Å²) in [6.07, 6.45) is 7.59. The summed E-state index contributed by atoms with van der Waals surface area (Å²) in [4.78, 5) is 23.4. The molecule has 3 aromatic rings. The third-order valence-electron chi connectivity index (χ3n) is 6.44. The molecule has 1 atom stereocenters. The van der Waals surface area contributed by atoms with Gasteiger partial charge < -0.3 is 15.1 Å². The van der Waals surface area contributed by atoms with Crippen LogP contribution in [0.1, 0.15) is 28.8 Å². The summed E-state index contributed by atoms with van der Waals surface area (Å²) in [6, 6.07) is 4.70. The van der Waals surface area contributed by atoms with Crippen LogP contribution in [0.4, 0.5) is 11.8 Å². The molecule has 1 unspecified atom stereocenters. The zero-order valence-electron chi connectivity index (χ0n) is 18.8. The van der Waals surface area contributed by atoms with Crippen LogP contribution in [-0.4, -0.2) is 52.7 Å². The summed E-state index contributed by atoms with van der Waals surface area (Å²) in [7, 11) is 2.02. The molecule has 5 heterocycles. The van der Waals surface area contributed by atoms with E-state index in [0.717, 1.165) is 84.4 Å². The largest absolute Gasteiger partial charge is 0.352 e. The Balaban J connectivity index is 1.38. The summed E-state index contributed by atoms with van der Waals surface area (Å²) in [5, 5.41) is 3.97. The molecule has 0 saturated carbocycles. The minimum atomic E-state index is 0.516. The maximum atomic E-state index is 6.51. The number of hydrogen-bond donors (Lipinski definition) is 1. The Labute approximate surface area is 193 Å². The fourth-order valence-electron chi connectivity index (χ4n) is 4.61. The molecule has 32 heavy (non-hydrogen) atoms. The van der Waals surface area contributed by atoms with Gasteiger partial charge in [-0.3, -0.25) is 4.98 Å². The molecule has 0 aromatic carbocycles. The Morgan fingerprint density at radius 2 is 1.91 bits per heavy atom. The van der Waals surface area contributed by atoms with Crippen molar-refractivity contribution < 1.29 is 0 Å². The first kappa shape index (κ1) is 21.1. The number of anilines is 2. The van der Waals surface area contributed by atoms with Crippen molar-refractivity contribution >= 4 is 23.4 Å². The zero-order chi connectivity index (χ0) is 22.2. The normalized spacial score (nSPS) is 18.2. The van der Waals surface area contributed by atoms with Crippen LogP contribution in [0.25, 0.3) is 11.3 Å². The molecule has 7 nitrogen and oxygen atoms in total. The number of nitrogens with zero attached hydrogens (tertiary/aromatic N) is 6. The number of aryl methyl sites for hydroxylation is 2. The second kappa shape index (κ2) is 8.64. The third-order valence-corrected chi connectivity index (χ3v) is 6.74. The first-order valence-corrected chi connectivity index (χ1v) is 11.5. The van der Waals surface area contributed by atoms with Crippen molar-refractivity contribution in [3.63, 3.8) is 0 Å². The van der Waals surface area contributed by atoms with Crippen LogP contribution in [0.5, 0.6) is 0 Å². The molecule has 2 aliphatic heterocycles. The molecule has 1 fully saturated rings. The minimum Gasteiger partial charge on any atom is -0.352 e. The predicted octanol–water partition coefficient (Wildman–Crippen LogP) is 3.56. The minimum absolute atomic E-state index is 0.516. The Bertz CT molecular complexity index is 1150. The van der Waals surface area contributed by atoms with Crippen molar-refractivity contribution in [1.29, 1.82) is 0 Å². The highest BCUT2D eigenvalue weighted by Crippen LogP contribution is 2.33. The van der Waals surface area contributed by atoms with E-state index in [1.54, 1.807) is 6.20 Å². The average Bonchev–Trinajstić information content (AvgIpc) is 3.29. The SMILES string of the molecule is CNC1CCN(c2ncc3c(n2)CCN(c2cc(-c4ncc(C)cc4C)c(Cl)cn2)C3)C1.